The van der Waals surface area contributed by atoms with Crippen LogP contribution in [0.2, 0.25) is 5.02 Å². The van der Waals surface area contributed by atoms with Gasteiger partial charge in [0, 0.05) is 34.6 Å². The summed E-state index contributed by atoms with van der Waals surface area (Å²) < 4.78 is 9.76. The van der Waals surface area contributed by atoms with E-state index in [1.807, 2.05) is 48.5 Å². The van der Waals surface area contributed by atoms with Gasteiger partial charge < -0.3 is 14.6 Å². The van der Waals surface area contributed by atoms with Gasteiger partial charge in [-0.3, -0.25) is 9.20 Å². The van der Waals surface area contributed by atoms with Crippen LogP contribution in [0.25, 0.3) is 28.0 Å². The summed E-state index contributed by atoms with van der Waals surface area (Å²) in [5.41, 5.74) is 9.26. The number of carbonyl (C=O) groups is 1. The van der Waals surface area contributed by atoms with Gasteiger partial charge in [-0.25, -0.2) is 0 Å². The third kappa shape index (κ3) is 4.27. The predicted molar refractivity (Wildman–Crippen MR) is 155 cm³/mol. The number of carbonyl (C=O) groups excluding carboxylic acids is 1. The van der Waals surface area contributed by atoms with Crippen LogP contribution in [0.1, 0.15) is 41.4 Å². The molecule has 0 atom stereocenters. The highest BCUT2D eigenvalue weighted by atomic mass is 35.5. The molecular formula is C32H30ClN3O2. The van der Waals surface area contributed by atoms with Gasteiger partial charge in [0.15, 0.2) is 0 Å². The highest BCUT2D eigenvalue weighted by Crippen LogP contribution is 2.40. The zero-order valence-electron chi connectivity index (χ0n) is 21.6. The lowest BCUT2D eigenvalue weighted by molar-refractivity contribution is 0.102. The minimum Gasteiger partial charge on any atom is -0.497 e. The number of ether oxygens (including phenoxy) is 1. The first-order valence-corrected chi connectivity index (χ1v) is 13.5. The minimum atomic E-state index is -0.133. The van der Waals surface area contributed by atoms with Crippen molar-refractivity contribution in [1.82, 2.24) is 8.97 Å². The third-order valence-corrected chi connectivity index (χ3v) is 7.74. The third-order valence-electron chi connectivity index (χ3n) is 7.49. The Balaban J connectivity index is 1.56. The van der Waals surface area contributed by atoms with Gasteiger partial charge >= 0.3 is 0 Å². The van der Waals surface area contributed by atoms with E-state index < -0.39 is 0 Å². The first-order chi connectivity index (χ1) is 18.6. The van der Waals surface area contributed by atoms with Gasteiger partial charge in [-0.05, 0) is 78.8 Å². The molecule has 0 unspecified atom stereocenters. The standard InChI is InChI=1S/C32H30ClN3O2/c1-3-21-7-9-23(10-8-21)29-27-6-4-5-19-35-28(22-11-13-24(33)14-12-22)20-36(32(27)35)30(29)31(37)34-25-15-17-26(38-2)18-16-25/h7-18,20H,3-6,19H2,1-2H3,(H,34,37). The average Bonchev–Trinajstić information content (AvgIpc) is 3.37. The van der Waals surface area contributed by atoms with E-state index in [0.717, 1.165) is 71.7 Å². The maximum absolute atomic E-state index is 14.0. The molecule has 0 saturated carbocycles. The summed E-state index contributed by atoms with van der Waals surface area (Å²) in [7, 11) is 1.63. The number of imidazole rings is 1. The zero-order chi connectivity index (χ0) is 26.2. The number of hydrogen-bond acceptors (Lipinski definition) is 2. The van der Waals surface area contributed by atoms with Crippen molar-refractivity contribution in [2.75, 3.05) is 12.4 Å². The number of aryl methyl sites for hydroxylation is 3. The molecule has 1 aliphatic rings. The van der Waals surface area contributed by atoms with E-state index in [1.54, 1.807) is 7.11 Å². The zero-order valence-corrected chi connectivity index (χ0v) is 22.4. The van der Waals surface area contributed by atoms with Gasteiger partial charge in [0.05, 0.1) is 12.8 Å². The summed E-state index contributed by atoms with van der Waals surface area (Å²) in [5, 5.41) is 3.85. The summed E-state index contributed by atoms with van der Waals surface area (Å²) in [5.74, 6) is 0.616. The molecule has 38 heavy (non-hydrogen) atoms. The van der Waals surface area contributed by atoms with E-state index in [1.165, 1.54) is 11.1 Å². The van der Waals surface area contributed by atoms with Gasteiger partial charge in [-0.2, -0.15) is 0 Å². The number of amides is 1. The van der Waals surface area contributed by atoms with Crippen LogP contribution >= 0.6 is 11.6 Å². The van der Waals surface area contributed by atoms with Crippen molar-refractivity contribution in [2.24, 2.45) is 0 Å². The van der Waals surface area contributed by atoms with Crippen molar-refractivity contribution in [2.45, 2.75) is 39.2 Å². The van der Waals surface area contributed by atoms with Gasteiger partial charge in [-0.15, -0.1) is 0 Å². The maximum Gasteiger partial charge on any atom is 0.273 e. The van der Waals surface area contributed by atoms with Crippen LogP contribution in [0.15, 0.2) is 79.0 Å². The fraction of sp³-hybridized carbons (Fsp3) is 0.219. The quantitative estimate of drug-likeness (QED) is 0.246. The van der Waals surface area contributed by atoms with E-state index in [2.05, 4.69) is 51.7 Å². The molecule has 2 aromatic heterocycles. The number of nitrogens with one attached hydrogen (secondary N) is 1. The van der Waals surface area contributed by atoms with Crippen LogP contribution in [0, 0.1) is 0 Å². The lowest BCUT2D eigenvalue weighted by Crippen LogP contribution is -2.15. The summed E-state index contributed by atoms with van der Waals surface area (Å²) >= 11 is 6.19. The maximum atomic E-state index is 14.0. The van der Waals surface area contributed by atoms with Crippen LogP contribution in [0.3, 0.4) is 0 Å². The van der Waals surface area contributed by atoms with E-state index in [9.17, 15) is 4.79 Å². The first-order valence-electron chi connectivity index (χ1n) is 13.1. The topological polar surface area (TPSA) is 47.7 Å². The minimum absolute atomic E-state index is 0.133. The van der Waals surface area contributed by atoms with Crippen molar-refractivity contribution < 1.29 is 9.53 Å². The van der Waals surface area contributed by atoms with Crippen LogP contribution in [0.4, 0.5) is 5.69 Å². The second-order valence-corrected chi connectivity index (χ2v) is 10.2. The molecule has 1 amide bonds. The summed E-state index contributed by atoms with van der Waals surface area (Å²) in [6.45, 7) is 3.06. The molecule has 3 heterocycles. The Kier molecular flexibility index (Phi) is 6.46. The molecule has 0 saturated heterocycles. The normalized spacial score (nSPS) is 12.9. The van der Waals surface area contributed by atoms with E-state index >= 15 is 0 Å². The largest absolute Gasteiger partial charge is 0.497 e. The fourth-order valence-corrected chi connectivity index (χ4v) is 5.67. The Morgan fingerprint density at radius 3 is 2.34 bits per heavy atom. The Hall–Kier alpha value is -3.96. The number of rotatable bonds is 6. The van der Waals surface area contributed by atoms with Crippen molar-refractivity contribution in [1.29, 1.82) is 0 Å². The molecule has 192 valence electrons. The average molecular weight is 524 g/mol. The van der Waals surface area contributed by atoms with Gasteiger partial charge in [0.2, 0.25) is 0 Å². The smallest absolute Gasteiger partial charge is 0.273 e. The predicted octanol–water partition coefficient (Wildman–Crippen LogP) is 7.89. The number of methoxy groups -OCH3 is 1. The molecule has 0 spiro atoms. The SMILES string of the molecule is CCc1ccc(-c2c3c4n(c(-c5ccc(Cl)cc5)cn4c2C(=O)Nc2ccc(OC)cc2)CCCC3)cc1. The highest BCUT2D eigenvalue weighted by Gasteiger charge is 2.29. The first kappa shape index (κ1) is 24.4. The molecule has 0 bridgehead atoms. The second kappa shape index (κ2) is 10.1. The van der Waals surface area contributed by atoms with Crippen LogP contribution in [-0.4, -0.2) is 22.0 Å². The summed E-state index contributed by atoms with van der Waals surface area (Å²) in [4.78, 5) is 14.0. The van der Waals surface area contributed by atoms with E-state index in [-0.39, 0.29) is 5.91 Å². The van der Waals surface area contributed by atoms with Crippen LogP contribution in [-0.2, 0) is 19.4 Å². The monoisotopic (exact) mass is 523 g/mol. The molecule has 1 aliphatic heterocycles. The Bertz CT molecular complexity index is 1610. The van der Waals surface area contributed by atoms with Gasteiger partial charge in [0.25, 0.3) is 5.91 Å². The summed E-state index contributed by atoms with van der Waals surface area (Å²) in [6.07, 6.45) is 6.17. The van der Waals surface area contributed by atoms with Crippen molar-refractivity contribution in [3.05, 3.63) is 101 Å². The van der Waals surface area contributed by atoms with Crippen molar-refractivity contribution in [3.63, 3.8) is 0 Å². The highest BCUT2D eigenvalue weighted by molar-refractivity contribution is 6.30. The number of anilines is 1. The Morgan fingerprint density at radius 2 is 1.66 bits per heavy atom. The number of benzene rings is 3. The van der Waals surface area contributed by atoms with Crippen molar-refractivity contribution >= 4 is 28.8 Å². The molecule has 5 aromatic rings. The number of nitrogens with zero attached hydrogens (tertiary/aromatic N) is 2. The fourth-order valence-electron chi connectivity index (χ4n) is 5.54. The lowest BCUT2D eigenvalue weighted by Gasteiger charge is -2.11. The van der Waals surface area contributed by atoms with Crippen LogP contribution < -0.4 is 10.1 Å². The molecular weight excluding hydrogens is 494 g/mol. The second-order valence-electron chi connectivity index (χ2n) is 9.76. The van der Waals surface area contributed by atoms with E-state index in [4.69, 9.17) is 16.3 Å². The molecule has 5 nitrogen and oxygen atoms in total. The molecule has 6 heteroatoms. The molecule has 0 aliphatic carbocycles. The molecule has 0 fully saturated rings. The number of hydrogen-bond donors (Lipinski definition) is 1. The van der Waals surface area contributed by atoms with Crippen LogP contribution in [0.5, 0.6) is 5.75 Å². The van der Waals surface area contributed by atoms with Crippen molar-refractivity contribution in [3.8, 4) is 28.1 Å². The Morgan fingerprint density at radius 1 is 0.947 bits per heavy atom. The number of aromatic nitrogens is 2. The molecule has 0 radical (unpaired) electrons. The van der Waals surface area contributed by atoms with Gasteiger partial charge in [-0.1, -0.05) is 54.9 Å². The Labute approximate surface area is 227 Å². The summed E-state index contributed by atoms with van der Waals surface area (Å²) in [6, 6.07) is 24.0. The van der Waals surface area contributed by atoms with E-state index in [0.29, 0.717) is 10.7 Å². The molecule has 6 rings (SSSR count). The molecule has 3 aromatic carbocycles. The molecule has 1 N–H and O–H groups in total. The number of halogens is 1. The lowest BCUT2D eigenvalue weighted by atomic mass is 9.96. The van der Waals surface area contributed by atoms with Gasteiger partial charge in [0.1, 0.15) is 17.1 Å².